The molecule has 16 heavy (non-hydrogen) atoms. The van der Waals surface area contributed by atoms with Crippen molar-refractivity contribution in [2.45, 2.75) is 25.3 Å². The summed E-state index contributed by atoms with van der Waals surface area (Å²) in [7, 11) is 0. The summed E-state index contributed by atoms with van der Waals surface area (Å²) >= 11 is 0. The fraction of sp³-hybridized carbons (Fsp3) is 0.545. The van der Waals surface area contributed by atoms with E-state index >= 15 is 0 Å². The predicted molar refractivity (Wildman–Crippen MR) is 60.9 cm³/mol. The van der Waals surface area contributed by atoms with E-state index in [1.165, 1.54) is 19.3 Å². The topological polar surface area (TPSA) is 73.6 Å². The van der Waals surface area contributed by atoms with Gasteiger partial charge in [0, 0.05) is 18.8 Å². The maximum absolute atomic E-state index is 8.70. The Morgan fingerprint density at radius 1 is 1.56 bits per heavy atom. The Kier molecular flexibility index (Phi) is 3.67. The second-order valence-corrected chi connectivity index (χ2v) is 3.91. The van der Waals surface area contributed by atoms with Crippen molar-refractivity contribution >= 4 is 5.95 Å². The quantitative estimate of drug-likeness (QED) is 0.787. The van der Waals surface area contributed by atoms with E-state index in [2.05, 4.69) is 20.6 Å². The number of piperidine rings is 1. The van der Waals surface area contributed by atoms with Crippen molar-refractivity contribution in [2.75, 3.05) is 18.4 Å². The van der Waals surface area contributed by atoms with Crippen LogP contribution in [0.5, 0.6) is 0 Å². The Morgan fingerprint density at radius 2 is 2.50 bits per heavy atom. The summed E-state index contributed by atoms with van der Waals surface area (Å²) < 4.78 is 0. The van der Waals surface area contributed by atoms with Gasteiger partial charge in [-0.3, -0.25) is 0 Å². The highest BCUT2D eigenvalue weighted by Gasteiger charge is 2.12. The van der Waals surface area contributed by atoms with Crippen LogP contribution < -0.4 is 10.6 Å². The first-order valence-corrected chi connectivity index (χ1v) is 5.59. The maximum atomic E-state index is 8.70. The Bertz CT molecular complexity index is 378. The molecule has 5 heteroatoms. The van der Waals surface area contributed by atoms with Gasteiger partial charge in [0.2, 0.25) is 5.95 Å². The minimum Gasteiger partial charge on any atom is -0.353 e. The summed E-state index contributed by atoms with van der Waals surface area (Å²) in [6.07, 6.45) is 5.32. The van der Waals surface area contributed by atoms with Gasteiger partial charge in [0.1, 0.15) is 11.8 Å². The molecular formula is C11H15N5. The van der Waals surface area contributed by atoms with Gasteiger partial charge in [-0.1, -0.05) is 6.42 Å². The largest absolute Gasteiger partial charge is 0.353 e. The summed E-state index contributed by atoms with van der Waals surface area (Å²) in [5.41, 5.74) is 0.397. The van der Waals surface area contributed by atoms with Crippen molar-refractivity contribution in [1.29, 1.82) is 5.26 Å². The highest BCUT2D eigenvalue weighted by Crippen LogP contribution is 2.07. The molecule has 1 aliphatic heterocycles. The summed E-state index contributed by atoms with van der Waals surface area (Å²) in [5.74, 6) is 0.534. The summed E-state index contributed by atoms with van der Waals surface area (Å²) in [6.45, 7) is 1.90. The molecule has 1 saturated heterocycles. The Balaban J connectivity index is 1.86. The number of nitrogens with one attached hydrogen (secondary N) is 2. The first-order chi connectivity index (χ1) is 7.88. The van der Waals surface area contributed by atoms with Gasteiger partial charge in [-0.15, -0.1) is 0 Å². The van der Waals surface area contributed by atoms with Gasteiger partial charge < -0.3 is 10.6 Å². The molecule has 1 fully saturated rings. The molecular weight excluding hydrogens is 202 g/mol. The fourth-order valence-corrected chi connectivity index (χ4v) is 1.82. The lowest BCUT2D eigenvalue weighted by Gasteiger charge is -2.23. The number of nitriles is 1. The molecule has 1 aromatic rings. The molecule has 2 rings (SSSR count). The summed E-state index contributed by atoms with van der Waals surface area (Å²) in [5, 5.41) is 15.3. The van der Waals surface area contributed by atoms with Gasteiger partial charge in [0.15, 0.2) is 0 Å². The molecule has 2 heterocycles. The summed E-state index contributed by atoms with van der Waals surface area (Å²) in [4.78, 5) is 8.14. The monoisotopic (exact) mass is 217 g/mol. The lowest BCUT2D eigenvalue weighted by Crippen LogP contribution is -2.39. The van der Waals surface area contributed by atoms with Crippen molar-refractivity contribution in [3.05, 3.63) is 18.0 Å². The highest BCUT2D eigenvalue weighted by atomic mass is 15.1. The van der Waals surface area contributed by atoms with E-state index in [0.29, 0.717) is 17.7 Å². The number of anilines is 1. The molecule has 0 aliphatic carbocycles. The number of nitrogens with zero attached hydrogens (tertiary/aromatic N) is 3. The van der Waals surface area contributed by atoms with Gasteiger partial charge in [-0.25, -0.2) is 9.97 Å². The van der Waals surface area contributed by atoms with E-state index < -0.39 is 0 Å². The summed E-state index contributed by atoms with van der Waals surface area (Å²) in [6, 6.07) is 4.09. The normalized spacial score (nSPS) is 20.1. The van der Waals surface area contributed by atoms with Crippen molar-refractivity contribution < 1.29 is 0 Å². The van der Waals surface area contributed by atoms with Crippen molar-refractivity contribution in [1.82, 2.24) is 15.3 Å². The SMILES string of the molecule is N#Cc1ccnc(NCC2CCCCN2)n1. The van der Waals surface area contributed by atoms with E-state index in [1.807, 2.05) is 6.07 Å². The third-order valence-corrected chi connectivity index (χ3v) is 2.69. The Hall–Kier alpha value is -1.67. The van der Waals surface area contributed by atoms with Crippen LogP contribution in [0.15, 0.2) is 12.3 Å². The third-order valence-electron chi connectivity index (χ3n) is 2.69. The van der Waals surface area contributed by atoms with E-state index in [9.17, 15) is 0 Å². The highest BCUT2D eigenvalue weighted by molar-refractivity contribution is 5.30. The van der Waals surface area contributed by atoms with Crippen LogP contribution >= 0.6 is 0 Å². The van der Waals surface area contributed by atoms with Crippen LogP contribution in [0.4, 0.5) is 5.95 Å². The first-order valence-electron chi connectivity index (χ1n) is 5.59. The van der Waals surface area contributed by atoms with E-state index in [0.717, 1.165) is 13.1 Å². The molecule has 0 radical (unpaired) electrons. The van der Waals surface area contributed by atoms with E-state index in [4.69, 9.17) is 5.26 Å². The van der Waals surface area contributed by atoms with E-state index in [-0.39, 0.29) is 0 Å². The van der Waals surface area contributed by atoms with Gasteiger partial charge in [0.05, 0.1) is 0 Å². The van der Waals surface area contributed by atoms with Gasteiger partial charge in [-0.2, -0.15) is 5.26 Å². The van der Waals surface area contributed by atoms with Crippen LogP contribution in [-0.4, -0.2) is 29.1 Å². The van der Waals surface area contributed by atoms with Crippen LogP contribution in [0, 0.1) is 11.3 Å². The zero-order valence-electron chi connectivity index (χ0n) is 9.11. The van der Waals surface area contributed by atoms with Crippen LogP contribution in [0.3, 0.4) is 0 Å². The molecule has 1 aromatic heterocycles. The number of hydrogen-bond acceptors (Lipinski definition) is 5. The molecule has 0 saturated carbocycles. The average Bonchev–Trinajstić information content (AvgIpc) is 2.38. The zero-order valence-corrected chi connectivity index (χ0v) is 9.11. The third kappa shape index (κ3) is 2.91. The molecule has 1 atom stereocenters. The van der Waals surface area contributed by atoms with Crippen molar-refractivity contribution in [3.8, 4) is 6.07 Å². The van der Waals surface area contributed by atoms with Crippen molar-refractivity contribution in [3.63, 3.8) is 0 Å². The van der Waals surface area contributed by atoms with Gasteiger partial charge >= 0.3 is 0 Å². The minimum absolute atomic E-state index is 0.397. The fourth-order valence-electron chi connectivity index (χ4n) is 1.82. The van der Waals surface area contributed by atoms with E-state index in [1.54, 1.807) is 12.3 Å². The second kappa shape index (κ2) is 5.42. The molecule has 1 aliphatic rings. The van der Waals surface area contributed by atoms with Crippen LogP contribution in [0.1, 0.15) is 25.0 Å². The van der Waals surface area contributed by atoms with Crippen LogP contribution in [-0.2, 0) is 0 Å². The molecule has 0 amide bonds. The lowest BCUT2D eigenvalue weighted by atomic mass is 10.1. The average molecular weight is 217 g/mol. The Morgan fingerprint density at radius 3 is 3.25 bits per heavy atom. The molecule has 1 unspecified atom stereocenters. The minimum atomic E-state index is 0.397. The standard InChI is InChI=1S/C11H15N5/c12-7-9-4-6-14-11(16-9)15-8-10-3-1-2-5-13-10/h4,6,10,13H,1-3,5,8H2,(H,14,15,16). The molecule has 2 N–H and O–H groups in total. The number of hydrogen-bond donors (Lipinski definition) is 2. The maximum Gasteiger partial charge on any atom is 0.223 e. The number of rotatable bonds is 3. The first kappa shape index (κ1) is 10.8. The van der Waals surface area contributed by atoms with Gasteiger partial charge in [-0.05, 0) is 25.5 Å². The second-order valence-electron chi connectivity index (χ2n) is 3.91. The lowest BCUT2D eigenvalue weighted by molar-refractivity contribution is 0.413. The molecule has 5 nitrogen and oxygen atoms in total. The molecule has 0 aromatic carbocycles. The smallest absolute Gasteiger partial charge is 0.223 e. The van der Waals surface area contributed by atoms with Crippen LogP contribution in [0.25, 0.3) is 0 Å². The molecule has 0 spiro atoms. The van der Waals surface area contributed by atoms with Crippen LogP contribution in [0.2, 0.25) is 0 Å². The number of aromatic nitrogens is 2. The van der Waals surface area contributed by atoms with Gasteiger partial charge in [0.25, 0.3) is 0 Å². The Labute approximate surface area is 94.9 Å². The zero-order chi connectivity index (χ0) is 11.2. The van der Waals surface area contributed by atoms with Crippen molar-refractivity contribution in [2.24, 2.45) is 0 Å². The predicted octanol–water partition coefficient (Wildman–Crippen LogP) is 0.902. The molecule has 0 bridgehead atoms. The molecule has 84 valence electrons.